The number of carbonyl (C=O) groups excluding carboxylic acids is 2. The molecule has 1 atom stereocenters. The average molecular weight is 392 g/mol. The summed E-state index contributed by atoms with van der Waals surface area (Å²) >= 11 is 0. The van der Waals surface area contributed by atoms with E-state index in [-0.39, 0.29) is 24.4 Å². The van der Waals surface area contributed by atoms with Crippen molar-refractivity contribution in [2.45, 2.75) is 12.5 Å². The first-order chi connectivity index (χ1) is 13.6. The van der Waals surface area contributed by atoms with Gasteiger partial charge in [-0.15, -0.1) is 0 Å². The van der Waals surface area contributed by atoms with Crippen LogP contribution < -0.4 is 25.0 Å². The van der Waals surface area contributed by atoms with Crippen molar-refractivity contribution < 1.29 is 23.8 Å². The number of morpholine rings is 1. The zero-order valence-electron chi connectivity index (χ0n) is 16.4. The van der Waals surface area contributed by atoms with Crippen molar-refractivity contribution >= 4 is 17.6 Å². The van der Waals surface area contributed by atoms with Crippen LogP contribution in [0, 0.1) is 0 Å². The minimum absolute atomic E-state index is 0.0363. The third-order valence-electron chi connectivity index (χ3n) is 4.96. The van der Waals surface area contributed by atoms with E-state index in [0.717, 1.165) is 38.5 Å². The van der Waals surface area contributed by atoms with Gasteiger partial charge in [-0.1, -0.05) is 0 Å². The quantitative estimate of drug-likeness (QED) is 0.700. The summed E-state index contributed by atoms with van der Waals surface area (Å²) in [6.07, 6.45) is 0.269. The fraction of sp³-hybridized carbons (Fsp3) is 0.579. The first kappa shape index (κ1) is 20.2. The highest BCUT2D eigenvalue weighted by Gasteiger charge is 2.32. The molecular formula is C19H28N4O5. The van der Waals surface area contributed by atoms with Crippen molar-refractivity contribution in [3.8, 4) is 11.5 Å². The second-order valence-corrected chi connectivity index (χ2v) is 6.80. The largest absolute Gasteiger partial charge is 0.493 e. The molecule has 3 amide bonds. The van der Waals surface area contributed by atoms with Gasteiger partial charge in [0.15, 0.2) is 11.5 Å². The number of carbonyl (C=O) groups is 2. The number of amides is 3. The van der Waals surface area contributed by atoms with Gasteiger partial charge in [0.25, 0.3) is 0 Å². The number of anilines is 1. The molecule has 1 aromatic carbocycles. The van der Waals surface area contributed by atoms with E-state index in [9.17, 15) is 9.59 Å². The van der Waals surface area contributed by atoms with Gasteiger partial charge in [0.2, 0.25) is 5.91 Å². The summed E-state index contributed by atoms with van der Waals surface area (Å²) in [5.41, 5.74) is 0.722. The molecule has 0 aliphatic carbocycles. The number of rotatable bonds is 7. The Morgan fingerprint density at radius 3 is 2.68 bits per heavy atom. The summed E-state index contributed by atoms with van der Waals surface area (Å²) in [7, 11) is 3.12. The lowest BCUT2D eigenvalue weighted by Crippen LogP contribution is -2.46. The molecule has 9 heteroatoms. The van der Waals surface area contributed by atoms with Crippen LogP contribution in [0.4, 0.5) is 10.5 Å². The fourth-order valence-electron chi connectivity index (χ4n) is 3.44. The molecule has 1 aromatic rings. The van der Waals surface area contributed by atoms with Crippen molar-refractivity contribution in [1.82, 2.24) is 15.5 Å². The summed E-state index contributed by atoms with van der Waals surface area (Å²) in [6.45, 7) is 5.03. The van der Waals surface area contributed by atoms with Crippen LogP contribution in [-0.2, 0) is 9.53 Å². The normalized spacial score (nSPS) is 20.1. The average Bonchev–Trinajstić information content (AvgIpc) is 3.08. The predicted molar refractivity (Wildman–Crippen MR) is 104 cm³/mol. The molecule has 2 N–H and O–H groups in total. The molecule has 0 aromatic heterocycles. The van der Waals surface area contributed by atoms with Crippen molar-refractivity contribution in [1.29, 1.82) is 0 Å². The topological polar surface area (TPSA) is 92.4 Å². The molecular weight excluding hydrogens is 364 g/mol. The SMILES string of the molecule is COc1ccc(N2C[C@H](NC(=O)NCCN3CCOCC3)CC2=O)cc1OC. The van der Waals surface area contributed by atoms with Crippen LogP contribution in [0.1, 0.15) is 6.42 Å². The number of nitrogens with zero attached hydrogens (tertiary/aromatic N) is 2. The van der Waals surface area contributed by atoms with E-state index in [1.807, 2.05) is 6.07 Å². The first-order valence-electron chi connectivity index (χ1n) is 9.47. The second-order valence-electron chi connectivity index (χ2n) is 6.80. The zero-order valence-corrected chi connectivity index (χ0v) is 16.4. The highest BCUT2D eigenvalue weighted by Crippen LogP contribution is 2.33. The monoisotopic (exact) mass is 392 g/mol. The minimum atomic E-state index is -0.250. The maximum atomic E-state index is 12.4. The van der Waals surface area contributed by atoms with Crippen molar-refractivity contribution in [2.24, 2.45) is 0 Å². The summed E-state index contributed by atoms with van der Waals surface area (Å²) < 4.78 is 15.8. The summed E-state index contributed by atoms with van der Waals surface area (Å²) in [5, 5.41) is 5.75. The molecule has 28 heavy (non-hydrogen) atoms. The van der Waals surface area contributed by atoms with E-state index in [0.29, 0.717) is 24.6 Å². The second kappa shape index (κ2) is 9.61. The van der Waals surface area contributed by atoms with Crippen LogP contribution in [0.15, 0.2) is 18.2 Å². The van der Waals surface area contributed by atoms with Gasteiger partial charge in [0.05, 0.1) is 33.5 Å². The van der Waals surface area contributed by atoms with E-state index < -0.39 is 0 Å². The molecule has 0 spiro atoms. The Kier molecular flexibility index (Phi) is 6.94. The van der Waals surface area contributed by atoms with Crippen LogP contribution in [0.25, 0.3) is 0 Å². The van der Waals surface area contributed by atoms with Gasteiger partial charge < -0.3 is 29.7 Å². The fourth-order valence-corrected chi connectivity index (χ4v) is 3.44. The van der Waals surface area contributed by atoms with Gasteiger partial charge in [-0.3, -0.25) is 9.69 Å². The van der Waals surface area contributed by atoms with Crippen molar-refractivity contribution in [3.63, 3.8) is 0 Å². The molecule has 0 radical (unpaired) electrons. The van der Waals surface area contributed by atoms with Gasteiger partial charge in [-0.2, -0.15) is 0 Å². The Morgan fingerprint density at radius 1 is 1.21 bits per heavy atom. The Labute approximate surface area is 164 Å². The third kappa shape index (κ3) is 5.05. The van der Waals surface area contributed by atoms with Gasteiger partial charge in [-0.25, -0.2) is 4.79 Å². The number of methoxy groups -OCH3 is 2. The Balaban J connectivity index is 1.48. The van der Waals surface area contributed by atoms with Gasteiger partial charge in [0, 0.05) is 50.9 Å². The van der Waals surface area contributed by atoms with Gasteiger partial charge >= 0.3 is 6.03 Å². The Bertz CT molecular complexity index is 693. The van der Waals surface area contributed by atoms with Gasteiger partial charge in [0.1, 0.15) is 0 Å². The number of ether oxygens (including phenoxy) is 3. The molecule has 3 rings (SSSR count). The lowest BCUT2D eigenvalue weighted by Gasteiger charge is -2.26. The summed E-state index contributed by atoms with van der Waals surface area (Å²) in [4.78, 5) is 28.5. The van der Waals surface area contributed by atoms with Crippen molar-refractivity contribution in [3.05, 3.63) is 18.2 Å². The lowest BCUT2D eigenvalue weighted by atomic mass is 10.2. The molecule has 9 nitrogen and oxygen atoms in total. The highest BCUT2D eigenvalue weighted by atomic mass is 16.5. The first-order valence-corrected chi connectivity index (χ1v) is 9.47. The standard InChI is InChI=1S/C19H28N4O5/c1-26-16-4-3-15(12-17(16)27-2)23-13-14(11-18(23)24)21-19(25)20-5-6-22-7-9-28-10-8-22/h3-4,12,14H,5-11,13H2,1-2H3,(H2,20,21,25)/t14-/m1/s1. The van der Waals surface area contributed by atoms with Crippen LogP contribution in [0.3, 0.4) is 0 Å². The van der Waals surface area contributed by atoms with E-state index in [1.54, 1.807) is 31.3 Å². The molecule has 2 saturated heterocycles. The Morgan fingerprint density at radius 2 is 1.96 bits per heavy atom. The predicted octanol–water partition coefficient (Wildman–Crippen LogP) is 0.441. The highest BCUT2D eigenvalue weighted by molar-refractivity contribution is 5.97. The van der Waals surface area contributed by atoms with Crippen LogP contribution in [-0.4, -0.2) is 83.0 Å². The maximum absolute atomic E-state index is 12.4. The molecule has 2 aliphatic heterocycles. The molecule has 2 aliphatic rings. The van der Waals surface area contributed by atoms with E-state index in [1.165, 1.54) is 0 Å². The number of hydrogen-bond acceptors (Lipinski definition) is 6. The molecule has 154 valence electrons. The van der Waals surface area contributed by atoms with Crippen LogP contribution >= 0.6 is 0 Å². The van der Waals surface area contributed by atoms with E-state index in [4.69, 9.17) is 14.2 Å². The zero-order chi connectivity index (χ0) is 19.9. The molecule has 0 saturated carbocycles. The van der Waals surface area contributed by atoms with E-state index >= 15 is 0 Å². The molecule has 2 fully saturated rings. The number of hydrogen-bond donors (Lipinski definition) is 2. The summed E-state index contributed by atoms with van der Waals surface area (Å²) in [6, 6.07) is 4.86. The van der Waals surface area contributed by atoms with Gasteiger partial charge in [-0.05, 0) is 12.1 Å². The smallest absolute Gasteiger partial charge is 0.315 e. The van der Waals surface area contributed by atoms with Crippen LogP contribution in [0.5, 0.6) is 11.5 Å². The Hall–Kier alpha value is -2.52. The summed E-state index contributed by atoms with van der Waals surface area (Å²) in [5.74, 6) is 1.13. The third-order valence-corrected chi connectivity index (χ3v) is 4.96. The number of nitrogens with one attached hydrogen (secondary N) is 2. The maximum Gasteiger partial charge on any atom is 0.315 e. The minimum Gasteiger partial charge on any atom is -0.493 e. The molecule has 0 bridgehead atoms. The lowest BCUT2D eigenvalue weighted by molar-refractivity contribution is -0.117. The number of urea groups is 1. The molecule has 2 heterocycles. The number of benzene rings is 1. The molecule has 0 unspecified atom stereocenters. The van der Waals surface area contributed by atoms with Crippen molar-refractivity contribution in [2.75, 3.05) is 65.1 Å². The van der Waals surface area contributed by atoms with E-state index in [2.05, 4.69) is 15.5 Å². The van der Waals surface area contributed by atoms with Crippen LogP contribution in [0.2, 0.25) is 0 Å².